The van der Waals surface area contributed by atoms with Gasteiger partial charge in [0, 0.05) is 12.2 Å². The Morgan fingerprint density at radius 3 is 2.94 bits per heavy atom. The van der Waals surface area contributed by atoms with E-state index in [9.17, 15) is 0 Å². The molecule has 0 aromatic carbocycles. The van der Waals surface area contributed by atoms with E-state index in [2.05, 4.69) is 31.1 Å². The van der Waals surface area contributed by atoms with E-state index >= 15 is 0 Å². The maximum absolute atomic E-state index is 5.35. The Labute approximate surface area is 95.9 Å². The second kappa shape index (κ2) is 4.56. The largest absolute Gasteiger partial charge is 0.464 e. The predicted molar refractivity (Wildman–Crippen MR) is 66.5 cm³/mol. The molecule has 1 N–H and O–H groups in total. The minimum Gasteiger partial charge on any atom is -0.464 e. The van der Waals surface area contributed by atoms with Gasteiger partial charge in [0.05, 0.1) is 11.6 Å². The molecule has 0 spiro atoms. The lowest BCUT2D eigenvalue weighted by Crippen LogP contribution is -2.23. The third-order valence-electron chi connectivity index (χ3n) is 3.24. The zero-order valence-electron chi connectivity index (χ0n) is 10.0. The van der Waals surface area contributed by atoms with E-state index in [0.717, 1.165) is 23.2 Å². The molecule has 0 bridgehead atoms. The summed E-state index contributed by atoms with van der Waals surface area (Å²) < 4.78 is 5.35. The lowest BCUT2D eigenvalue weighted by molar-refractivity contribution is 0.494. The normalized spacial score (nSPS) is 14.9. The van der Waals surface area contributed by atoms with Gasteiger partial charge in [-0.1, -0.05) is 20.3 Å². The van der Waals surface area contributed by atoms with Gasteiger partial charge >= 0.3 is 0 Å². The minimum atomic E-state index is 0.415. The van der Waals surface area contributed by atoms with Crippen molar-refractivity contribution in [3.05, 3.63) is 24.6 Å². The van der Waals surface area contributed by atoms with Gasteiger partial charge < -0.3 is 9.73 Å². The molecule has 2 unspecified atom stereocenters. The monoisotopic (exact) mass is 218 g/mol. The summed E-state index contributed by atoms with van der Waals surface area (Å²) in [5.41, 5.74) is 0.883. The van der Waals surface area contributed by atoms with Crippen LogP contribution in [0.3, 0.4) is 0 Å². The first-order valence-electron chi connectivity index (χ1n) is 5.81. The Morgan fingerprint density at radius 2 is 2.19 bits per heavy atom. The lowest BCUT2D eigenvalue weighted by Gasteiger charge is -2.20. The van der Waals surface area contributed by atoms with Gasteiger partial charge in [0.1, 0.15) is 11.4 Å². The second-order valence-electron chi connectivity index (χ2n) is 4.31. The number of pyridine rings is 1. The van der Waals surface area contributed by atoms with Crippen LogP contribution in [0.5, 0.6) is 0 Å². The predicted octanol–water partition coefficient (Wildman–Crippen LogP) is 3.67. The SMILES string of the molecule is CCC(C)C(C)Nc1nccc2occc12. The molecule has 0 amide bonds. The number of rotatable bonds is 4. The van der Waals surface area contributed by atoms with Gasteiger partial charge in [-0.3, -0.25) is 0 Å². The molecule has 3 heteroatoms. The first-order chi connectivity index (χ1) is 7.72. The number of aromatic nitrogens is 1. The van der Waals surface area contributed by atoms with Crippen molar-refractivity contribution in [1.82, 2.24) is 4.98 Å². The first kappa shape index (κ1) is 11.0. The maximum atomic E-state index is 5.35. The lowest BCUT2D eigenvalue weighted by atomic mass is 10.0. The zero-order chi connectivity index (χ0) is 11.5. The quantitative estimate of drug-likeness (QED) is 0.850. The van der Waals surface area contributed by atoms with Crippen molar-refractivity contribution in [1.29, 1.82) is 0 Å². The van der Waals surface area contributed by atoms with Crippen LogP contribution in [0, 0.1) is 5.92 Å². The van der Waals surface area contributed by atoms with Crippen molar-refractivity contribution in [2.24, 2.45) is 5.92 Å². The van der Waals surface area contributed by atoms with Crippen LogP contribution < -0.4 is 5.32 Å². The van der Waals surface area contributed by atoms with Crippen LogP contribution >= 0.6 is 0 Å². The van der Waals surface area contributed by atoms with Gasteiger partial charge in [-0.15, -0.1) is 0 Å². The number of nitrogens with one attached hydrogen (secondary N) is 1. The van der Waals surface area contributed by atoms with Gasteiger partial charge in [0.25, 0.3) is 0 Å². The molecule has 0 aliphatic heterocycles. The first-order valence-corrected chi connectivity index (χ1v) is 5.81. The minimum absolute atomic E-state index is 0.415. The molecule has 2 rings (SSSR count). The summed E-state index contributed by atoms with van der Waals surface area (Å²) in [5, 5.41) is 4.50. The molecule has 0 radical (unpaired) electrons. The van der Waals surface area contributed by atoms with Crippen molar-refractivity contribution in [2.45, 2.75) is 33.2 Å². The highest BCUT2D eigenvalue weighted by atomic mass is 16.3. The fraction of sp³-hybridized carbons (Fsp3) is 0.462. The molecule has 0 saturated heterocycles. The van der Waals surface area contributed by atoms with Crippen LogP contribution in [0.15, 0.2) is 29.0 Å². The average molecular weight is 218 g/mol. The third kappa shape index (κ3) is 2.03. The van der Waals surface area contributed by atoms with Crippen molar-refractivity contribution in [3.8, 4) is 0 Å². The molecule has 86 valence electrons. The summed E-state index contributed by atoms with van der Waals surface area (Å²) in [6.07, 6.45) is 4.64. The Hall–Kier alpha value is -1.51. The molecular formula is C13H18N2O. The molecule has 0 aliphatic carbocycles. The van der Waals surface area contributed by atoms with Gasteiger partial charge in [-0.2, -0.15) is 0 Å². The Bertz CT molecular complexity index is 464. The number of nitrogens with zero attached hydrogens (tertiary/aromatic N) is 1. The van der Waals surface area contributed by atoms with Gasteiger partial charge in [-0.05, 0) is 25.0 Å². The van der Waals surface area contributed by atoms with Crippen LogP contribution in [0.4, 0.5) is 5.82 Å². The molecule has 0 aliphatic rings. The highest BCUT2D eigenvalue weighted by molar-refractivity contribution is 5.87. The number of hydrogen-bond donors (Lipinski definition) is 1. The molecule has 2 aromatic rings. The fourth-order valence-electron chi connectivity index (χ4n) is 1.72. The highest BCUT2D eigenvalue weighted by Crippen LogP contribution is 2.23. The Kier molecular flexibility index (Phi) is 3.13. The van der Waals surface area contributed by atoms with Crippen LogP contribution in [-0.4, -0.2) is 11.0 Å². The number of fused-ring (bicyclic) bond motifs is 1. The van der Waals surface area contributed by atoms with Crippen molar-refractivity contribution in [3.63, 3.8) is 0 Å². The van der Waals surface area contributed by atoms with Crippen molar-refractivity contribution >= 4 is 16.8 Å². The van der Waals surface area contributed by atoms with Gasteiger partial charge in [0.15, 0.2) is 0 Å². The van der Waals surface area contributed by atoms with E-state index < -0.39 is 0 Å². The standard InChI is InChI=1S/C13H18N2O/c1-4-9(2)10(3)15-13-11-6-8-16-12(11)5-7-14-13/h5-10H,4H2,1-3H3,(H,14,15). The number of anilines is 1. The summed E-state index contributed by atoms with van der Waals surface area (Å²) >= 11 is 0. The molecule has 2 atom stereocenters. The summed E-state index contributed by atoms with van der Waals surface area (Å²) in [5.74, 6) is 1.54. The van der Waals surface area contributed by atoms with E-state index in [0.29, 0.717) is 12.0 Å². The third-order valence-corrected chi connectivity index (χ3v) is 3.24. The van der Waals surface area contributed by atoms with Gasteiger partial charge in [0.2, 0.25) is 0 Å². The molecule has 2 heterocycles. The van der Waals surface area contributed by atoms with Crippen LogP contribution in [0.2, 0.25) is 0 Å². The van der Waals surface area contributed by atoms with Crippen LogP contribution in [-0.2, 0) is 0 Å². The van der Waals surface area contributed by atoms with E-state index in [1.807, 2.05) is 12.1 Å². The molecule has 3 nitrogen and oxygen atoms in total. The van der Waals surface area contributed by atoms with E-state index in [-0.39, 0.29) is 0 Å². The highest BCUT2D eigenvalue weighted by Gasteiger charge is 2.12. The molecule has 2 aromatic heterocycles. The van der Waals surface area contributed by atoms with Crippen molar-refractivity contribution < 1.29 is 4.42 Å². The zero-order valence-corrected chi connectivity index (χ0v) is 10.0. The van der Waals surface area contributed by atoms with E-state index in [1.165, 1.54) is 0 Å². The average Bonchev–Trinajstić information content (AvgIpc) is 2.77. The molecular weight excluding hydrogens is 200 g/mol. The van der Waals surface area contributed by atoms with Crippen LogP contribution in [0.1, 0.15) is 27.2 Å². The number of hydrogen-bond acceptors (Lipinski definition) is 3. The Balaban J connectivity index is 2.23. The molecule has 0 fully saturated rings. The van der Waals surface area contributed by atoms with Crippen LogP contribution in [0.25, 0.3) is 11.0 Å². The van der Waals surface area contributed by atoms with E-state index in [1.54, 1.807) is 12.5 Å². The smallest absolute Gasteiger partial charge is 0.139 e. The number of furan rings is 1. The summed E-state index contributed by atoms with van der Waals surface area (Å²) in [6, 6.07) is 4.25. The maximum Gasteiger partial charge on any atom is 0.139 e. The van der Waals surface area contributed by atoms with E-state index in [4.69, 9.17) is 4.42 Å². The molecule has 16 heavy (non-hydrogen) atoms. The fourth-order valence-corrected chi connectivity index (χ4v) is 1.72. The van der Waals surface area contributed by atoms with Gasteiger partial charge in [-0.25, -0.2) is 4.98 Å². The topological polar surface area (TPSA) is 38.1 Å². The summed E-state index contributed by atoms with van der Waals surface area (Å²) in [7, 11) is 0. The molecule has 0 saturated carbocycles. The Morgan fingerprint density at radius 1 is 1.38 bits per heavy atom. The summed E-state index contributed by atoms with van der Waals surface area (Å²) in [4.78, 5) is 4.36. The summed E-state index contributed by atoms with van der Waals surface area (Å²) in [6.45, 7) is 6.64. The second-order valence-corrected chi connectivity index (χ2v) is 4.31. The van der Waals surface area contributed by atoms with Crippen molar-refractivity contribution in [2.75, 3.05) is 5.32 Å².